The van der Waals surface area contributed by atoms with Gasteiger partial charge in [-0.3, -0.25) is 9.59 Å². The van der Waals surface area contributed by atoms with Gasteiger partial charge in [-0.15, -0.1) is 0 Å². The summed E-state index contributed by atoms with van der Waals surface area (Å²) in [7, 11) is 0. The van der Waals surface area contributed by atoms with Crippen molar-refractivity contribution in [3.8, 4) is 0 Å². The van der Waals surface area contributed by atoms with Crippen molar-refractivity contribution in [2.45, 2.75) is 52.5 Å². The largest absolute Gasteiger partial charge is 0.356 e. The van der Waals surface area contributed by atoms with Crippen LogP contribution in [0.3, 0.4) is 0 Å². The maximum atomic E-state index is 11.5. The van der Waals surface area contributed by atoms with Crippen LogP contribution >= 0.6 is 0 Å². The topological polar surface area (TPSA) is 70.2 Å². The van der Waals surface area contributed by atoms with E-state index in [-0.39, 0.29) is 11.8 Å². The molecule has 0 aromatic carbocycles. The van der Waals surface area contributed by atoms with Gasteiger partial charge in [0.2, 0.25) is 11.8 Å². The van der Waals surface area contributed by atoms with Crippen LogP contribution in [0.5, 0.6) is 0 Å². The maximum absolute atomic E-state index is 11.5. The van der Waals surface area contributed by atoms with Crippen LogP contribution < -0.4 is 16.0 Å². The van der Waals surface area contributed by atoms with E-state index in [4.69, 9.17) is 0 Å². The molecule has 0 radical (unpaired) electrons. The van der Waals surface area contributed by atoms with E-state index in [2.05, 4.69) is 22.9 Å². The van der Waals surface area contributed by atoms with Crippen LogP contribution in [0.2, 0.25) is 0 Å². The second-order valence-corrected chi connectivity index (χ2v) is 4.56. The monoisotopic (exact) mass is 257 g/mol. The fourth-order valence-corrected chi connectivity index (χ4v) is 1.63. The molecule has 5 nitrogen and oxygen atoms in total. The number of carbonyl (C=O) groups excluding carboxylic acids is 2. The van der Waals surface area contributed by atoms with Gasteiger partial charge in [0.15, 0.2) is 0 Å². The zero-order valence-electron chi connectivity index (χ0n) is 11.8. The molecule has 1 atom stereocenters. The molecule has 0 rings (SSSR count). The summed E-state index contributed by atoms with van der Waals surface area (Å²) in [6, 6.07) is 0.318. The van der Waals surface area contributed by atoms with Crippen LogP contribution in [0.25, 0.3) is 0 Å². The number of hydrogen-bond acceptors (Lipinski definition) is 3. The van der Waals surface area contributed by atoms with E-state index in [1.165, 1.54) is 6.92 Å². The SMILES string of the molecule is CCN[C@H](C)CNC(=O)CCCCCNC(C)=O. The highest BCUT2D eigenvalue weighted by atomic mass is 16.2. The van der Waals surface area contributed by atoms with E-state index in [0.29, 0.717) is 25.6 Å². The first-order valence-corrected chi connectivity index (χ1v) is 6.80. The van der Waals surface area contributed by atoms with Gasteiger partial charge in [0.05, 0.1) is 0 Å². The van der Waals surface area contributed by atoms with Crippen LogP contribution in [0.15, 0.2) is 0 Å². The first-order chi connectivity index (χ1) is 8.56. The highest BCUT2D eigenvalue weighted by Crippen LogP contribution is 1.98. The molecule has 0 spiro atoms. The lowest BCUT2D eigenvalue weighted by Crippen LogP contribution is -2.38. The van der Waals surface area contributed by atoms with Gasteiger partial charge in [-0.05, 0) is 26.3 Å². The van der Waals surface area contributed by atoms with E-state index >= 15 is 0 Å². The van der Waals surface area contributed by atoms with Gasteiger partial charge in [0.25, 0.3) is 0 Å². The van der Waals surface area contributed by atoms with Gasteiger partial charge in [-0.2, -0.15) is 0 Å². The molecule has 0 aliphatic heterocycles. The summed E-state index contributed by atoms with van der Waals surface area (Å²) < 4.78 is 0. The maximum Gasteiger partial charge on any atom is 0.220 e. The number of carbonyl (C=O) groups is 2. The minimum atomic E-state index is 0.00477. The third-order valence-corrected chi connectivity index (χ3v) is 2.61. The molecule has 3 N–H and O–H groups in total. The summed E-state index contributed by atoms with van der Waals surface area (Å²) in [6.45, 7) is 7.91. The molecular formula is C13H27N3O2. The molecule has 0 bridgehead atoms. The minimum absolute atomic E-state index is 0.00477. The third-order valence-electron chi connectivity index (χ3n) is 2.61. The molecule has 5 heteroatoms. The Balaban J connectivity index is 3.34. The molecule has 0 aromatic heterocycles. The smallest absolute Gasteiger partial charge is 0.220 e. The van der Waals surface area contributed by atoms with Gasteiger partial charge in [0, 0.05) is 32.5 Å². The van der Waals surface area contributed by atoms with Crippen molar-refractivity contribution >= 4 is 11.8 Å². The first-order valence-electron chi connectivity index (χ1n) is 6.80. The van der Waals surface area contributed by atoms with Crippen molar-refractivity contribution in [1.82, 2.24) is 16.0 Å². The molecule has 0 aliphatic rings. The first kappa shape index (κ1) is 16.9. The summed E-state index contributed by atoms with van der Waals surface area (Å²) in [5.41, 5.74) is 0. The zero-order valence-corrected chi connectivity index (χ0v) is 11.8. The summed E-state index contributed by atoms with van der Waals surface area (Å²) >= 11 is 0. The lowest BCUT2D eigenvalue weighted by Gasteiger charge is -2.13. The summed E-state index contributed by atoms with van der Waals surface area (Å²) in [6.07, 6.45) is 3.34. The molecule has 2 amide bonds. The molecule has 0 unspecified atom stereocenters. The third kappa shape index (κ3) is 11.4. The molecule has 0 aliphatic carbocycles. The van der Waals surface area contributed by atoms with Crippen molar-refractivity contribution < 1.29 is 9.59 Å². The Morgan fingerprint density at radius 2 is 1.83 bits per heavy atom. The van der Waals surface area contributed by atoms with Crippen LogP contribution in [0.4, 0.5) is 0 Å². The number of amides is 2. The summed E-state index contributed by atoms with van der Waals surface area (Å²) in [5.74, 6) is 0.115. The van der Waals surface area contributed by atoms with Crippen LogP contribution in [0, 0.1) is 0 Å². The normalized spacial score (nSPS) is 11.9. The molecule has 0 aromatic rings. The lowest BCUT2D eigenvalue weighted by molar-refractivity contribution is -0.121. The van der Waals surface area contributed by atoms with Gasteiger partial charge >= 0.3 is 0 Å². The van der Waals surface area contributed by atoms with Gasteiger partial charge < -0.3 is 16.0 Å². The van der Waals surface area contributed by atoms with Gasteiger partial charge in [-0.1, -0.05) is 13.3 Å². The van der Waals surface area contributed by atoms with Gasteiger partial charge in [-0.25, -0.2) is 0 Å². The van der Waals surface area contributed by atoms with E-state index < -0.39 is 0 Å². The molecular weight excluding hydrogens is 230 g/mol. The van der Waals surface area contributed by atoms with Gasteiger partial charge in [0.1, 0.15) is 0 Å². The summed E-state index contributed by atoms with van der Waals surface area (Å²) in [4.78, 5) is 22.1. The predicted octanol–water partition coefficient (Wildman–Crippen LogP) is 0.797. The molecule has 18 heavy (non-hydrogen) atoms. The average Bonchev–Trinajstić information content (AvgIpc) is 2.31. The second-order valence-electron chi connectivity index (χ2n) is 4.56. The Kier molecular flexibility index (Phi) is 10.3. The Morgan fingerprint density at radius 1 is 1.11 bits per heavy atom. The van der Waals surface area contributed by atoms with Crippen LogP contribution in [-0.4, -0.2) is 37.5 Å². The Morgan fingerprint density at radius 3 is 2.44 bits per heavy atom. The van der Waals surface area contributed by atoms with Crippen molar-refractivity contribution in [3.05, 3.63) is 0 Å². The number of hydrogen-bond donors (Lipinski definition) is 3. The Hall–Kier alpha value is -1.10. The molecule has 0 fully saturated rings. The lowest BCUT2D eigenvalue weighted by atomic mass is 10.2. The number of unbranched alkanes of at least 4 members (excludes halogenated alkanes) is 2. The molecule has 0 saturated heterocycles. The second kappa shape index (κ2) is 11.0. The van der Waals surface area contributed by atoms with Crippen molar-refractivity contribution in [1.29, 1.82) is 0 Å². The van der Waals surface area contributed by atoms with E-state index in [1.807, 2.05) is 6.92 Å². The number of rotatable bonds is 10. The van der Waals surface area contributed by atoms with E-state index in [1.54, 1.807) is 0 Å². The quantitative estimate of drug-likeness (QED) is 0.507. The van der Waals surface area contributed by atoms with Crippen LogP contribution in [0.1, 0.15) is 46.5 Å². The van der Waals surface area contributed by atoms with Crippen molar-refractivity contribution in [2.24, 2.45) is 0 Å². The molecule has 0 saturated carbocycles. The molecule has 106 valence electrons. The predicted molar refractivity (Wildman–Crippen MR) is 73.3 cm³/mol. The Labute approximate surface area is 110 Å². The van der Waals surface area contributed by atoms with E-state index in [9.17, 15) is 9.59 Å². The zero-order chi connectivity index (χ0) is 13.8. The fourth-order valence-electron chi connectivity index (χ4n) is 1.63. The summed E-state index contributed by atoms with van der Waals surface area (Å²) in [5, 5.41) is 8.89. The number of likely N-dealkylation sites (N-methyl/N-ethyl adjacent to an activating group) is 1. The van der Waals surface area contributed by atoms with E-state index in [0.717, 1.165) is 25.8 Å². The highest BCUT2D eigenvalue weighted by Gasteiger charge is 2.03. The van der Waals surface area contributed by atoms with Crippen LogP contribution in [-0.2, 0) is 9.59 Å². The van der Waals surface area contributed by atoms with Crippen molar-refractivity contribution in [3.63, 3.8) is 0 Å². The standard InChI is InChI=1S/C13H27N3O2/c1-4-14-11(2)10-16-13(18)8-6-5-7-9-15-12(3)17/h11,14H,4-10H2,1-3H3,(H,15,17)(H,16,18)/t11-/m1/s1. The average molecular weight is 257 g/mol. The highest BCUT2D eigenvalue weighted by molar-refractivity contribution is 5.75. The molecule has 0 heterocycles. The number of nitrogens with one attached hydrogen (secondary N) is 3. The minimum Gasteiger partial charge on any atom is -0.356 e. The Bertz CT molecular complexity index is 244. The van der Waals surface area contributed by atoms with Crippen molar-refractivity contribution in [2.75, 3.05) is 19.6 Å². The fraction of sp³-hybridized carbons (Fsp3) is 0.846.